The summed E-state index contributed by atoms with van der Waals surface area (Å²) in [5, 5.41) is 258. The molecule has 0 radical (unpaired) electrons. The molecule has 0 aromatic heterocycles. The fourth-order valence-corrected chi connectivity index (χ4v) is 18.5. The van der Waals surface area contributed by atoms with Gasteiger partial charge < -0.3 is 140 Å². The van der Waals surface area contributed by atoms with Crippen LogP contribution in [0.15, 0.2) is 188 Å². The highest BCUT2D eigenvalue weighted by Gasteiger charge is 2.50. The summed E-state index contributed by atoms with van der Waals surface area (Å²) in [4.78, 5) is 0. The molecule has 33 heteroatoms. The first-order valence-electron chi connectivity index (χ1n) is 48.6. The third-order valence-corrected chi connectivity index (χ3v) is 27.5. The molecule has 0 aliphatic carbocycles. The number of ether oxygens (including phenoxy) is 7. The monoisotopic (exact) mass is 2010 g/mol. The van der Waals surface area contributed by atoms with Gasteiger partial charge in [0.05, 0.1) is 99.3 Å². The molecule has 0 saturated carbocycles. The van der Waals surface area contributed by atoms with Crippen molar-refractivity contribution >= 4 is 0 Å². The summed E-state index contributed by atoms with van der Waals surface area (Å²) in [6, 6.07) is 69.5. The van der Waals surface area contributed by atoms with Crippen molar-refractivity contribution in [2.75, 3.05) is 47.3 Å². The Bertz CT molecular complexity index is 6010. The molecule has 5 fully saturated rings. The number of hydrogen-bond acceptors (Lipinski definition) is 33. The number of rotatable bonds is 27. The highest BCUT2D eigenvalue weighted by Crippen LogP contribution is 2.44. The van der Waals surface area contributed by atoms with E-state index in [1.807, 2.05) is 103 Å². The van der Waals surface area contributed by atoms with Crippen molar-refractivity contribution in [3.05, 3.63) is 333 Å². The van der Waals surface area contributed by atoms with Gasteiger partial charge in [-0.3, -0.25) is 0 Å². The van der Waals surface area contributed by atoms with E-state index in [-0.39, 0.29) is 16.9 Å². The van der Waals surface area contributed by atoms with Crippen LogP contribution in [0.2, 0.25) is 0 Å². The van der Waals surface area contributed by atoms with E-state index >= 15 is 0 Å². The molecule has 5 aliphatic rings. The Labute approximate surface area is 848 Å². The second-order valence-electron chi connectivity index (χ2n) is 36.9. The SMILES string of the molecule is CCc1ccc(Cc2cc([C@@H]3O[C@H](CO)[C@@H](O)[C@H](O)[C@H]3O)c(C)cc2C#N)cc1.CCc1ccc(Cc2cc([C@@H]3O[C@H](CO)[C@@H](O)[C@H](O)[C@H]3O)c(O)cc2C#N)cc1.CCc1ccc(Cc2cc([C@@H]3O[C@H](CO)[C@@H](O)[C@H](O)[C@H]3O)c(OC)cc2C#N)cc1.CCc1ccc(Cc2cc([C@@H]3O[C@H](CO)[C@@H](O)[C@H](O)[C@H]3O)cc(OC)c2C#N)cc1.CCc1ccc(Cc2cc([C@@H]3O[C@H](CO)[C@@H](O)[C@H](O)[C@H]3O)ccc2C#N)cc1. The lowest BCUT2D eigenvalue weighted by atomic mass is 9.86. The number of benzene rings is 10. The lowest BCUT2D eigenvalue weighted by Gasteiger charge is -2.40. The van der Waals surface area contributed by atoms with Crippen LogP contribution >= 0.6 is 0 Å². The van der Waals surface area contributed by atoms with Gasteiger partial charge in [-0.15, -0.1) is 0 Å². The van der Waals surface area contributed by atoms with Gasteiger partial charge in [-0.2, -0.15) is 26.3 Å². The molecule has 15 rings (SSSR count). The van der Waals surface area contributed by atoms with Crippen LogP contribution in [0.25, 0.3) is 0 Å². The van der Waals surface area contributed by atoms with Gasteiger partial charge in [-0.1, -0.05) is 180 Å². The molecule has 25 atom stereocenters. The molecule has 5 aliphatic heterocycles. The summed E-state index contributed by atoms with van der Waals surface area (Å²) < 4.78 is 39.1. The Morgan fingerprint density at radius 1 is 0.253 bits per heavy atom. The largest absolute Gasteiger partial charge is 0.508 e. The summed E-state index contributed by atoms with van der Waals surface area (Å²) >= 11 is 0. The minimum atomic E-state index is -1.55. The number of methoxy groups -OCH3 is 2. The van der Waals surface area contributed by atoms with Gasteiger partial charge in [0.15, 0.2) is 0 Å². The molecule has 10 aromatic rings. The number of phenols is 1. The number of phenolic OH excluding ortho intramolecular Hbond substituents is 1. The molecule has 5 saturated heterocycles. The van der Waals surface area contributed by atoms with E-state index in [9.17, 15) is 134 Å². The normalized spacial score (nSPS) is 26.7. The highest BCUT2D eigenvalue weighted by atomic mass is 16.6. The van der Waals surface area contributed by atoms with E-state index in [0.29, 0.717) is 99.2 Å². The topological polar surface area (TPSA) is 608 Å². The summed E-state index contributed by atoms with van der Waals surface area (Å²) in [5.41, 5.74) is 20.0. The number of aromatic hydroxyl groups is 1. The Balaban J connectivity index is 0.000000174. The lowest BCUT2D eigenvalue weighted by molar-refractivity contribution is -0.232. The van der Waals surface area contributed by atoms with Crippen molar-refractivity contribution in [1.82, 2.24) is 0 Å². The maximum Gasteiger partial charge on any atom is 0.137 e. The maximum atomic E-state index is 10.5. The van der Waals surface area contributed by atoms with E-state index in [2.05, 4.69) is 89.2 Å². The second-order valence-corrected chi connectivity index (χ2v) is 36.9. The minimum absolute atomic E-state index is 0.182. The smallest absolute Gasteiger partial charge is 0.137 e. The van der Waals surface area contributed by atoms with E-state index in [0.717, 1.165) is 82.2 Å². The molecule has 10 aromatic carbocycles. The molecule has 146 heavy (non-hydrogen) atoms. The number of aliphatic hydroxyl groups is 20. The third kappa shape index (κ3) is 27.1. The number of hydrogen-bond donors (Lipinski definition) is 21. The average molecular weight is 2010 g/mol. The van der Waals surface area contributed by atoms with Gasteiger partial charge in [0.1, 0.15) is 176 Å². The van der Waals surface area contributed by atoms with Crippen molar-refractivity contribution in [3.8, 4) is 47.6 Å². The Morgan fingerprint density at radius 2 is 0.514 bits per heavy atom. The number of aliphatic hydroxyl groups excluding tert-OH is 20. The van der Waals surface area contributed by atoms with Crippen molar-refractivity contribution in [2.24, 2.45) is 0 Å². The fraction of sp³-hybridized carbons (Fsp3) is 0.425. The molecule has 0 spiro atoms. The fourth-order valence-electron chi connectivity index (χ4n) is 18.5. The highest BCUT2D eigenvalue weighted by molar-refractivity contribution is 5.56. The number of aryl methyl sites for hydroxylation is 6. The van der Waals surface area contributed by atoms with E-state index in [4.69, 9.17) is 33.2 Å². The van der Waals surface area contributed by atoms with Crippen LogP contribution in [-0.2, 0) is 87.9 Å². The van der Waals surface area contributed by atoms with Crippen LogP contribution in [0.3, 0.4) is 0 Å². The first-order valence-corrected chi connectivity index (χ1v) is 48.6. The van der Waals surface area contributed by atoms with Crippen molar-refractivity contribution in [1.29, 1.82) is 26.3 Å². The summed E-state index contributed by atoms with van der Waals surface area (Å²) in [7, 11) is 2.89. The molecule has 5 heterocycles. The molecular weight excluding hydrogens is 1880 g/mol. The first-order chi connectivity index (χ1) is 70.1. The molecule has 21 N–H and O–H groups in total. The standard InChI is InChI=1S/2C23H27NO6.C23H27NO5.C22H25NO6.C22H25NO5/c1-3-13-4-6-14(7-5-13)8-15-9-17(18(29-2)10-16(15)11-24)23-22(28)21(27)20(26)19(12-25)30-23;1-3-13-4-6-14(7-5-13)8-15-9-16(10-18(29-2)17(15)11-24)23-22(28)21(27)20(26)19(12-25)30-23;1-3-14-4-6-15(7-5-14)9-16-10-18(13(2)8-17(16)11-24)23-22(28)21(27)20(26)19(12-25)29-23;1-2-12-3-5-13(6-4-12)7-14-8-16(17(25)9-15(14)10-23)22-21(28)20(27)19(26)18(11-24)29-22;1-2-13-3-5-14(6-4-13)9-17-10-15(7-8-16(17)11-23)22-21(27)20(26)19(25)18(12-24)28-22/h2*4-7,9-10,19-23,25-28H,3,8,12H2,1-2H3;4-8,10,19-23,25-28H,3,9,12H2,1-2H3;3-6,8-9,18-22,24-28H,2,7,11H2,1H3;3-8,10,18-22,24-27H,2,9,12H2,1H3/t3*19-,20-,21+,22-,23+;2*18-,19-,20+,21-,22+/m11111/s1. The van der Waals surface area contributed by atoms with Crippen LogP contribution in [0.4, 0.5) is 0 Å². The predicted molar refractivity (Wildman–Crippen MR) is 532 cm³/mol. The zero-order valence-electron chi connectivity index (χ0n) is 82.4. The van der Waals surface area contributed by atoms with Gasteiger partial charge in [-0.05, 0) is 219 Å². The van der Waals surface area contributed by atoms with Gasteiger partial charge in [-0.25, -0.2) is 0 Å². The average Bonchev–Trinajstić information content (AvgIpc) is 0.824. The zero-order chi connectivity index (χ0) is 106. The first kappa shape index (κ1) is 114. The number of nitriles is 5. The molecule has 0 bridgehead atoms. The van der Waals surface area contributed by atoms with Gasteiger partial charge >= 0.3 is 0 Å². The zero-order valence-corrected chi connectivity index (χ0v) is 82.4. The molecule has 776 valence electrons. The summed E-state index contributed by atoms with van der Waals surface area (Å²) in [6.45, 7) is 9.67. The summed E-state index contributed by atoms with van der Waals surface area (Å²) in [6.07, 6.45) is -24.5. The molecule has 33 nitrogen and oxygen atoms in total. The second kappa shape index (κ2) is 53.6. The van der Waals surface area contributed by atoms with Crippen LogP contribution in [0.1, 0.15) is 210 Å². The van der Waals surface area contributed by atoms with Crippen molar-refractivity contribution < 1.29 is 140 Å². The van der Waals surface area contributed by atoms with E-state index < -0.39 is 186 Å². The molecular formula is C113H131N5O28. The van der Waals surface area contributed by atoms with Crippen LogP contribution in [-0.4, -0.2) is 277 Å². The Morgan fingerprint density at radius 3 is 0.829 bits per heavy atom. The maximum absolute atomic E-state index is 10.5. The predicted octanol–water partition coefficient (Wildman–Crippen LogP) is 6.16. The van der Waals surface area contributed by atoms with Crippen molar-refractivity contribution in [2.45, 2.75) is 258 Å². The minimum Gasteiger partial charge on any atom is -0.508 e. The van der Waals surface area contributed by atoms with Crippen LogP contribution in [0, 0.1) is 63.6 Å². The van der Waals surface area contributed by atoms with Gasteiger partial charge in [0.25, 0.3) is 0 Å². The molecule has 0 amide bonds. The third-order valence-electron chi connectivity index (χ3n) is 27.5. The lowest BCUT2D eigenvalue weighted by Crippen LogP contribution is -2.55. The van der Waals surface area contributed by atoms with Crippen LogP contribution < -0.4 is 9.47 Å². The van der Waals surface area contributed by atoms with E-state index in [1.165, 1.54) is 48.1 Å². The van der Waals surface area contributed by atoms with Gasteiger partial charge in [0, 0.05) is 11.1 Å². The van der Waals surface area contributed by atoms with Gasteiger partial charge in [0.2, 0.25) is 0 Å². The quantitative estimate of drug-likeness (QED) is 0.0274. The van der Waals surface area contributed by atoms with E-state index in [1.54, 1.807) is 61.5 Å². The van der Waals surface area contributed by atoms with Crippen molar-refractivity contribution in [3.63, 3.8) is 0 Å². The number of nitrogens with zero attached hydrogens (tertiary/aromatic N) is 5. The summed E-state index contributed by atoms with van der Waals surface area (Å²) in [5.74, 6) is 0.379. The Hall–Kier alpha value is -12.0. The van der Waals surface area contributed by atoms with Crippen LogP contribution in [0.5, 0.6) is 17.2 Å². The molecule has 0 unspecified atom stereocenters. The Kier molecular flexibility index (Phi) is 42.0.